The Labute approximate surface area is 74.7 Å². The van der Waals surface area contributed by atoms with Crippen molar-refractivity contribution in [3.63, 3.8) is 0 Å². The van der Waals surface area contributed by atoms with Gasteiger partial charge < -0.3 is 11.1 Å². The van der Waals surface area contributed by atoms with Crippen molar-refractivity contribution in [2.45, 2.75) is 40.2 Å². The minimum absolute atomic E-state index is 0.00504. The van der Waals surface area contributed by atoms with Crippen molar-refractivity contribution in [3.05, 3.63) is 0 Å². The maximum absolute atomic E-state index is 11.1. The Bertz CT molecular complexity index is 149. The fourth-order valence-electron chi connectivity index (χ4n) is 0.775. The maximum Gasteiger partial charge on any atom is 0.221 e. The van der Waals surface area contributed by atoms with Crippen LogP contribution in [0.25, 0.3) is 0 Å². The molecule has 0 fully saturated rings. The van der Waals surface area contributed by atoms with E-state index in [9.17, 15) is 4.79 Å². The predicted octanol–water partition coefficient (Wildman–Crippen LogP) is 0.886. The minimum Gasteiger partial charge on any atom is -0.356 e. The van der Waals surface area contributed by atoms with Crippen molar-refractivity contribution in [1.29, 1.82) is 0 Å². The third-order valence-corrected chi connectivity index (χ3v) is 1.89. The molecule has 12 heavy (non-hydrogen) atoms. The minimum atomic E-state index is -0.0657. The number of carbonyl (C=O) groups excluding carboxylic acids is 1. The number of carbonyl (C=O) groups is 1. The first kappa shape index (κ1) is 11.4. The molecular formula is C9H20N2O. The Hall–Kier alpha value is -0.570. The molecule has 3 heteroatoms. The molecule has 3 N–H and O–H groups in total. The number of rotatable bonds is 3. The molecule has 0 aliphatic carbocycles. The third-order valence-electron chi connectivity index (χ3n) is 1.89. The van der Waals surface area contributed by atoms with E-state index in [2.05, 4.69) is 5.32 Å². The molecule has 0 aliphatic heterocycles. The van der Waals surface area contributed by atoms with Gasteiger partial charge in [-0.2, -0.15) is 0 Å². The second kappa shape index (κ2) is 4.45. The van der Waals surface area contributed by atoms with Crippen LogP contribution in [0.2, 0.25) is 0 Å². The van der Waals surface area contributed by atoms with Crippen molar-refractivity contribution in [1.82, 2.24) is 5.32 Å². The molecule has 0 saturated heterocycles. The molecule has 0 bridgehead atoms. The van der Waals surface area contributed by atoms with Crippen LogP contribution in [0, 0.1) is 5.41 Å². The Morgan fingerprint density at radius 2 is 2.00 bits per heavy atom. The van der Waals surface area contributed by atoms with Crippen LogP contribution in [0.5, 0.6) is 0 Å². The van der Waals surface area contributed by atoms with E-state index in [1.807, 2.05) is 27.7 Å². The number of nitrogens with two attached hydrogens (primary N) is 1. The fourth-order valence-corrected chi connectivity index (χ4v) is 0.775. The molecule has 1 atom stereocenters. The SMILES string of the molecule is CCNC(=O)CC(N)C(C)(C)C. The van der Waals surface area contributed by atoms with E-state index in [-0.39, 0.29) is 17.4 Å². The molecular weight excluding hydrogens is 152 g/mol. The van der Waals surface area contributed by atoms with E-state index in [1.54, 1.807) is 0 Å². The normalized spacial score (nSPS) is 14.1. The summed E-state index contributed by atoms with van der Waals surface area (Å²) >= 11 is 0. The molecule has 0 spiro atoms. The predicted molar refractivity (Wildman–Crippen MR) is 50.7 cm³/mol. The topological polar surface area (TPSA) is 55.1 Å². The van der Waals surface area contributed by atoms with E-state index < -0.39 is 0 Å². The Kier molecular flexibility index (Phi) is 4.24. The standard InChI is InChI=1S/C9H20N2O/c1-5-11-8(12)6-7(10)9(2,3)4/h7H,5-6,10H2,1-4H3,(H,11,12). The highest BCUT2D eigenvalue weighted by molar-refractivity contribution is 5.76. The van der Waals surface area contributed by atoms with Crippen LogP contribution in [0.4, 0.5) is 0 Å². The van der Waals surface area contributed by atoms with Gasteiger partial charge in [-0.1, -0.05) is 20.8 Å². The first-order valence-electron chi connectivity index (χ1n) is 4.40. The molecule has 0 rings (SSSR count). The lowest BCUT2D eigenvalue weighted by molar-refractivity contribution is -0.121. The smallest absolute Gasteiger partial charge is 0.221 e. The summed E-state index contributed by atoms with van der Waals surface area (Å²) in [6.07, 6.45) is 0.414. The van der Waals surface area contributed by atoms with Crippen molar-refractivity contribution in [3.8, 4) is 0 Å². The molecule has 0 saturated carbocycles. The van der Waals surface area contributed by atoms with Crippen LogP contribution < -0.4 is 11.1 Å². The van der Waals surface area contributed by atoms with Crippen LogP contribution in [0.3, 0.4) is 0 Å². The number of nitrogens with one attached hydrogen (secondary N) is 1. The zero-order valence-corrected chi connectivity index (χ0v) is 8.48. The van der Waals surface area contributed by atoms with E-state index in [1.165, 1.54) is 0 Å². The molecule has 3 nitrogen and oxygen atoms in total. The molecule has 1 amide bonds. The van der Waals surface area contributed by atoms with E-state index in [0.29, 0.717) is 13.0 Å². The summed E-state index contributed by atoms with van der Waals surface area (Å²) in [7, 11) is 0. The van der Waals surface area contributed by atoms with Gasteiger partial charge >= 0.3 is 0 Å². The highest BCUT2D eigenvalue weighted by atomic mass is 16.1. The largest absolute Gasteiger partial charge is 0.356 e. The van der Waals surface area contributed by atoms with Gasteiger partial charge in [0.25, 0.3) is 0 Å². The van der Waals surface area contributed by atoms with Gasteiger partial charge in [0, 0.05) is 19.0 Å². The van der Waals surface area contributed by atoms with Crippen molar-refractivity contribution >= 4 is 5.91 Å². The van der Waals surface area contributed by atoms with Gasteiger partial charge in [-0.05, 0) is 12.3 Å². The van der Waals surface area contributed by atoms with E-state index in [0.717, 1.165) is 0 Å². The molecule has 0 aliphatic rings. The molecule has 0 aromatic heterocycles. The lowest BCUT2D eigenvalue weighted by atomic mass is 9.85. The summed E-state index contributed by atoms with van der Waals surface area (Å²) < 4.78 is 0. The van der Waals surface area contributed by atoms with Crippen LogP contribution >= 0.6 is 0 Å². The van der Waals surface area contributed by atoms with Crippen LogP contribution in [0.1, 0.15) is 34.1 Å². The molecule has 0 heterocycles. The Morgan fingerprint density at radius 1 is 1.50 bits per heavy atom. The second-order valence-corrected chi connectivity index (χ2v) is 4.13. The summed E-state index contributed by atoms with van der Waals surface area (Å²) in [4.78, 5) is 11.1. The summed E-state index contributed by atoms with van der Waals surface area (Å²) in [5.74, 6) is 0.0416. The van der Waals surface area contributed by atoms with Gasteiger partial charge in [-0.15, -0.1) is 0 Å². The molecule has 0 aromatic carbocycles. The van der Waals surface area contributed by atoms with E-state index in [4.69, 9.17) is 5.73 Å². The van der Waals surface area contributed by atoms with Crippen molar-refractivity contribution in [2.75, 3.05) is 6.54 Å². The molecule has 0 radical (unpaired) electrons. The second-order valence-electron chi connectivity index (χ2n) is 4.13. The van der Waals surface area contributed by atoms with Gasteiger partial charge in [-0.25, -0.2) is 0 Å². The van der Waals surface area contributed by atoms with Crippen LogP contribution in [-0.2, 0) is 4.79 Å². The van der Waals surface area contributed by atoms with Gasteiger partial charge in [-0.3, -0.25) is 4.79 Å². The van der Waals surface area contributed by atoms with Gasteiger partial charge in [0.2, 0.25) is 5.91 Å². The molecule has 0 aromatic rings. The summed E-state index contributed by atoms with van der Waals surface area (Å²) in [6.45, 7) is 8.70. The quantitative estimate of drug-likeness (QED) is 0.664. The fraction of sp³-hybridized carbons (Fsp3) is 0.889. The zero-order valence-electron chi connectivity index (χ0n) is 8.48. The van der Waals surface area contributed by atoms with Gasteiger partial charge in [0.15, 0.2) is 0 Å². The Morgan fingerprint density at radius 3 is 2.33 bits per heavy atom. The summed E-state index contributed by atoms with van der Waals surface area (Å²) in [6, 6.07) is -0.0657. The summed E-state index contributed by atoms with van der Waals surface area (Å²) in [5.41, 5.74) is 5.83. The molecule has 72 valence electrons. The third kappa shape index (κ3) is 4.34. The average molecular weight is 172 g/mol. The first-order chi connectivity index (χ1) is 5.38. The van der Waals surface area contributed by atoms with E-state index >= 15 is 0 Å². The molecule has 1 unspecified atom stereocenters. The lowest BCUT2D eigenvalue weighted by Crippen LogP contribution is -2.40. The number of amides is 1. The Balaban J connectivity index is 3.84. The zero-order chi connectivity index (χ0) is 9.78. The van der Waals surface area contributed by atoms with Crippen molar-refractivity contribution < 1.29 is 4.79 Å². The highest BCUT2D eigenvalue weighted by Gasteiger charge is 2.22. The monoisotopic (exact) mass is 172 g/mol. The van der Waals surface area contributed by atoms with Crippen LogP contribution in [0.15, 0.2) is 0 Å². The van der Waals surface area contributed by atoms with Crippen LogP contribution in [-0.4, -0.2) is 18.5 Å². The summed E-state index contributed by atoms with van der Waals surface area (Å²) in [5, 5.41) is 2.73. The maximum atomic E-state index is 11.1. The average Bonchev–Trinajstić information content (AvgIpc) is 1.85. The highest BCUT2D eigenvalue weighted by Crippen LogP contribution is 2.19. The first-order valence-corrected chi connectivity index (χ1v) is 4.40. The van der Waals surface area contributed by atoms with Gasteiger partial charge in [0.1, 0.15) is 0 Å². The number of hydrogen-bond acceptors (Lipinski definition) is 2. The van der Waals surface area contributed by atoms with Gasteiger partial charge in [0.05, 0.1) is 0 Å². The number of hydrogen-bond donors (Lipinski definition) is 2. The lowest BCUT2D eigenvalue weighted by Gasteiger charge is -2.26. The van der Waals surface area contributed by atoms with Crippen molar-refractivity contribution in [2.24, 2.45) is 11.1 Å².